The summed E-state index contributed by atoms with van der Waals surface area (Å²) < 4.78 is 0. The van der Waals surface area contributed by atoms with Gasteiger partial charge in [-0.1, -0.05) is 25.2 Å². The van der Waals surface area contributed by atoms with E-state index in [1.54, 1.807) is 12.2 Å². The largest absolute Gasteiger partial charge is 0.335 e. The quantitative estimate of drug-likeness (QED) is 0.583. The molecule has 2 atom stereocenters. The molecule has 0 spiro atoms. The fourth-order valence-electron chi connectivity index (χ4n) is 2.11. The Morgan fingerprint density at radius 2 is 2.25 bits per heavy atom. The molecule has 0 aromatic heterocycles. The number of rotatable bonds is 3. The van der Waals surface area contributed by atoms with E-state index in [4.69, 9.17) is 5.73 Å². The van der Waals surface area contributed by atoms with Crippen molar-refractivity contribution in [2.45, 2.75) is 32.7 Å². The van der Waals surface area contributed by atoms with Gasteiger partial charge in [-0.25, -0.2) is 0 Å². The maximum absolute atomic E-state index is 11.9. The first-order valence-corrected chi connectivity index (χ1v) is 5.99. The van der Waals surface area contributed by atoms with Crippen LogP contribution >= 0.6 is 0 Å². The molecule has 0 saturated carbocycles. The van der Waals surface area contributed by atoms with Crippen LogP contribution in [-0.4, -0.2) is 29.9 Å². The van der Waals surface area contributed by atoms with Crippen LogP contribution in [0.25, 0.3) is 0 Å². The van der Waals surface area contributed by atoms with Crippen molar-refractivity contribution >= 4 is 5.91 Å². The van der Waals surface area contributed by atoms with Crippen LogP contribution in [0.1, 0.15) is 26.7 Å². The summed E-state index contributed by atoms with van der Waals surface area (Å²) in [6.07, 6.45) is 9.29. The van der Waals surface area contributed by atoms with E-state index in [9.17, 15) is 4.79 Å². The summed E-state index contributed by atoms with van der Waals surface area (Å²) in [4.78, 5) is 13.8. The van der Waals surface area contributed by atoms with Crippen LogP contribution in [0.15, 0.2) is 24.3 Å². The third-order valence-corrected chi connectivity index (χ3v) is 3.08. The van der Waals surface area contributed by atoms with E-state index in [-0.39, 0.29) is 11.9 Å². The highest BCUT2D eigenvalue weighted by Crippen LogP contribution is 2.21. The highest BCUT2D eigenvalue weighted by Gasteiger charge is 2.27. The molecular weight excluding hydrogens is 200 g/mol. The standard InChI is InChI=1S/C13H22N2O/c1-3-4-5-6-13(16)15-8-7-11(2)9-12(15)10-14/h3-6,11-12H,7-10,14H2,1-2H3. The Morgan fingerprint density at radius 1 is 1.50 bits per heavy atom. The number of carbonyl (C=O) groups is 1. The zero-order valence-electron chi connectivity index (χ0n) is 10.2. The molecule has 1 saturated heterocycles. The van der Waals surface area contributed by atoms with Crippen molar-refractivity contribution in [2.24, 2.45) is 11.7 Å². The predicted octanol–water partition coefficient (Wildman–Crippen LogP) is 1.70. The van der Waals surface area contributed by atoms with Gasteiger partial charge in [-0.3, -0.25) is 4.79 Å². The molecule has 0 aliphatic carbocycles. The lowest BCUT2D eigenvalue weighted by molar-refractivity contribution is -0.129. The second kappa shape index (κ2) is 6.48. The zero-order chi connectivity index (χ0) is 12.0. The van der Waals surface area contributed by atoms with Gasteiger partial charge in [-0.2, -0.15) is 0 Å². The molecule has 1 rings (SSSR count). The van der Waals surface area contributed by atoms with Gasteiger partial charge in [0, 0.05) is 25.2 Å². The molecule has 1 heterocycles. The minimum absolute atomic E-state index is 0.0838. The summed E-state index contributed by atoms with van der Waals surface area (Å²) in [5.41, 5.74) is 5.72. The average molecular weight is 222 g/mol. The normalized spacial score (nSPS) is 26.8. The van der Waals surface area contributed by atoms with E-state index in [1.165, 1.54) is 0 Å². The Hall–Kier alpha value is -1.09. The maximum Gasteiger partial charge on any atom is 0.246 e. The number of allylic oxidation sites excluding steroid dienone is 3. The van der Waals surface area contributed by atoms with Gasteiger partial charge in [0.1, 0.15) is 0 Å². The van der Waals surface area contributed by atoms with Crippen molar-refractivity contribution in [3.63, 3.8) is 0 Å². The Morgan fingerprint density at radius 3 is 2.88 bits per heavy atom. The number of nitrogens with zero attached hydrogens (tertiary/aromatic N) is 1. The van der Waals surface area contributed by atoms with E-state index in [0.717, 1.165) is 19.4 Å². The number of carbonyl (C=O) groups excluding carboxylic acids is 1. The summed E-state index contributed by atoms with van der Waals surface area (Å²) >= 11 is 0. The van der Waals surface area contributed by atoms with Gasteiger partial charge in [-0.15, -0.1) is 0 Å². The molecule has 1 aliphatic rings. The lowest BCUT2D eigenvalue weighted by atomic mass is 9.92. The van der Waals surface area contributed by atoms with E-state index in [2.05, 4.69) is 6.92 Å². The molecular formula is C13H22N2O. The summed E-state index contributed by atoms with van der Waals surface area (Å²) in [5.74, 6) is 0.762. The minimum atomic E-state index is 0.0838. The van der Waals surface area contributed by atoms with E-state index in [0.29, 0.717) is 12.5 Å². The number of hydrogen-bond acceptors (Lipinski definition) is 2. The summed E-state index contributed by atoms with van der Waals surface area (Å²) in [5, 5.41) is 0. The monoisotopic (exact) mass is 222 g/mol. The fourth-order valence-corrected chi connectivity index (χ4v) is 2.11. The van der Waals surface area contributed by atoms with Crippen LogP contribution < -0.4 is 5.73 Å². The van der Waals surface area contributed by atoms with Crippen molar-refractivity contribution in [2.75, 3.05) is 13.1 Å². The molecule has 0 bridgehead atoms. The van der Waals surface area contributed by atoms with Crippen LogP contribution in [0.5, 0.6) is 0 Å². The summed E-state index contributed by atoms with van der Waals surface area (Å²) in [6.45, 7) is 5.55. The van der Waals surface area contributed by atoms with Gasteiger partial charge >= 0.3 is 0 Å². The second-order valence-electron chi connectivity index (χ2n) is 4.44. The first-order valence-electron chi connectivity index (χ1n) is 5.99. The third kappa shape index (κ3) is 3.49. The number of nitrogens with two attached hydrogens (primary N) is 1. The van der Waals surface area contributed by atoms with Crippen molar-refractivity contribution in [1.82, 2.24) is 4.90 Å². The average Bonchev–Trinajstić information content (AvgIpc) is 2.29. The lowest BCUT2D eigenvalue weighted by Gasteiger charge is -2.37. The van der Waals surface area contributed by atoms with Crippen LogP contribution in [0, 0.1) is 5.92 Å². The molecule has 0 aromatic rings. The Labute approximate surface area is 98.0 Å². The van der Waals surface area contributed by atoms with Crippen LogP contribution in [0.3, 0.4) is 0 Å². The van der Waals surface area contributed by atoms with Crippen molar-refractivity contribution < 1.29 is 4.79 Å². The third-order valence-electron chi connectivity index (χ3n) is 3.08. The molecule has 90 valence electrons. The molecule has 2 unspecified atom stereocenters. The second-order valence-corrected chi connectivity index (χ2v) is 4.44. The zero-order valence-corrected chi connectivity index (χ0v) is 10.2. The predicted molar refractivity (Wildman–Crippen MR) is 66.9 cm³/mol. The molecule has 2 N–H and O–H groups in total. The highest BCUT2D eigenvalue weighted by atomic mass is 16.2. The molecule has 16 heavy (non-hydrogen) atoms. The topological polar surface area (TPSA) is 46.3 Å². The van der Waals surface area contributed by atoms with E-state index < -0.39 is 0 Å². The number of hydrogen-bond donors (Lipinski definition) is 1. The van der Waals surface area contributed by atoms with Gasteiger partial charge < -0.3 is 10.6 Å². The van der Waals surface area contributed by atoms with Gasteiger partial charge in [0.05, 0.1) is 0 Å². The molecule has 0 aromatic carbocycles. The smallest absolute Gasteiger partial charge is 0.246 e. The van der Waals surface area contributed by atoms with Gasteiger partial charge in [-0.05, 0) is 25.7 Å². The van der Waals surface area contributed by atoms with Gasteiger partial charge in [0.2, 0.25) is 5.91 Å². The number of piperidine rings is 1. The molecule has 0 radical (unpaired) electrons. The highest BCUT2D eigenvalue weighted by molar-refractivity contribution is 5.88. The summed E-state index contributed by atoms with van der Waals surface area (Å²) in [6, 6.07) is 0.214. The minimum Gasteiger partial charge on any atom is -0.335 e. The van der Waals surface area contributed by atoms with Crippen LogP contribution in [-0.2, 0) is 4.79 Å². The molecule has 1 fully saturated rings. The SMILES string of the molecule is CC=CC=CC(=O)N1CCC(C)CC1CN. The van der Waals surface area contributed by atoms with Gasteiger partial charge in [0.25, 0.3) is 0 Å². The number of likely N-dealkylation sites (tertiary alicyclic amines) is 1. The Kier molecular flexibility index (Phi) is 5.26. The Balaban J connectivity index is 2.60. The van der Waals surface area contributed by atoms with Crippen molar-refractivity contribution in [3.8, 4) is 0 Å². The maximum atomic E-state index is 11.9. The van der Waals surface area contributed by atoms with E-state index in [1.807, 2.05) is 24.0 Å². The van der Waals surface area contributed by atoms with Crippen molar-refractivity contribution in [1.29, 1.82) is 0 Å². The summed E-state index contributed by atoms with van der Waals surface area (Å²) in [7, 11) is 0. The molecule has 1 aliphatic heterocycles. The van der Waals surface area contributed by atoms with E-state index >= 15 is 0 Å². The van der Waals surface area contributed by atoms with Crippen LogP contribution in [0.2, 0.25) is 0 Å². The number of amides is 1. The molecule has 1 amide bonds. The first-order chi connectivity index (χ1) is 7.69. The molecule has 3 heteroatoms. The van der Waals surface area contributed by atoms with Gasteiger partial charge in [0.15, 0.2) is 0 Å². The first kappa shape index (κ1) is 13.0. The molecule has 3 nitrogen and oxygen atoms in total. The lowest BCUT2D eigenvalue weighted by Crippen LogP contribution is -2.48. The van der Waals surface area contributed by atoms with Crippen molar-refractivity contribution in [3.05, 3.63) is 24.3 Å². The Bertz CT molecular complexity index is 284. The fraction of sp³-hybridized carbons (Fsp3) is 0.615. The van der Waals surface area contributed by atoms with Crippen LogP contribution in [0.4, 0.5) is 0 Å².